The molecule has 1 aromatic heterocycles. The monoisotopic (exact) mass is 411 g/mol. The van der Waals surface area contributed by atoms with E-state index in [9.17, 15) is 9.50 Å². The van der Waals surface area contributed by atoms with E-state index in [-0.39, 0.29) is 17.0 Å². The molecule has 0 bridgehead atoms. The first-order valence-electron chi connectivity index (χ1n) is 9.58. The van der Waals surface area contributed by atoms with Gasteiger partial charge in [-0.1, -0.05) is 0 Å². The number of allylic oxidation sites excluding steroid dienone is 1. The number of anilines is 2. The topological polar surface area (TPSA) is 138 Å². The van der Waals surface area contributed by atoms with Crippen molar-refractivity contribution in [1.82, 2.24) is 9.97 Å². The minimum atomic E-state index is -0.793. The van der Waals surface area contributed by atoms with Gasteiger partial charge in [-0.3, -0.25) is 10.4 Å². The van der Waals surface area contributed by atoms with Crippen molar-refractivity contribution in [2.24, 2.45) is 10.7 Å². The Balaban J connectivity index is 1.97. The van der Waals surface area contributed by atoms with Crippen LogP contribution >= 0.6 is 0 Å². The first-order valence-corrected chi connectivity index (χ1v) is 9.58. The highest BCUT2D eigenvalue weighted by Crippen LogP contribution is 2.27. The Morgan fingerprint density at radius 3 is 2.77 bits per heavy atom. The summed E-state index contributed by atoms with van der Waals surface area (Å²) in [5.74, 6) is 0.0610. The van der Waals surface area contributed by atoms with Gasteiger partial charge in [-0.2, -0.15) is 0 Å². The number of rotatable bonds is 5. The fourth-order valence-corrected chi connectivity index (χ4v) is 3.58. The Morgan fingerprint density at radius 1 is 1.33 bits per heavy atom. The van der Waals surface area contributed by atoms with E-state index in [1.54, 1.807) is 20.0 Å². The molecular weight excluding hydrogens is 385 g/mol. The van der Waals surface area contributed by atoms with Crippen LogP contribution in [-0.4, -0.2) is 52.7 Å². The van der Waals surface area contributed by atoms with Crippen molar-refractivity contribution < 1.29 is 9.50 Å². The van der Waals surface area contributed by atoms with Crippen molar-refractivity contribution in [3.05, 3.63) is 53.4 Å². The summed E-state index contributed by atoms with van der Waals surface area (Å²) in [6.07, 6.45) is 5.63. The molecule has 0 saturated carbocycles. The number of hydrogen-bond donors (Lipinski definition) is 4. The van der Waals surface area contributed by atoms with Gasteiger partial charge in [0, 0.05) is 61.0 Å². The summed E-state index contributed by atoms with van der Waals surface area (Å²) >= 11 is 0. The molecule has 30 heavy (non-hydrogen) atoms. The number of piperidine rings is 1. The normalized spacial score (nSPS) is 20.0. The van der Waals surface area contributed by atoms with E-state index in [1.807, 2.05) is 4.90 Å². The van der Waals surface area contributed by atoms with Gasteiger partial charge in [0.15, 0.2) is 0 Å². The van der Waals surface area contributed by atoms with Crippen LogP contribution in [0, 0.1) is 11.2 Å². The molecule has 3 rings (SSSR count). The fourth-order valence-electron chi connectivity index (χ4n) is 3.58. The quantitative estimate of drug-likeness (QED) is 0.438. The number of nitrogens with zero attached hydrogens (tertiary/aromatic N) is 4. The maximum absolute atomic E-state index is 14.5. The molecular formula is C21H26FN7O. The molecule has 1 aromatic carbocycles. The van der Waals surface area contributed by atoms with Crippen molar-refractivity contribution in [1.29, 1.82) is 5.41 Å². The predicted octanol–water partition coefficient (Wildman–Crippen LogP) is 1.97. The number of aliphatic hydroxyl groups is 1. The van der Waals surface area contributed by atoms with Crippen LogP contribution in [0.15, 0.2) is 35.7 Å². The minimum absolute atomic E-state index is 0.0333. The zero-order valence-electron chi connectivity index (χ0n) is 17.1. The summed E-state index contributed by atoms with van der Waals surface area (Å²) in [7, 11) is 1.56. The zero-order valence-corrected chi connectivity index (χ0v) is 17.1. The van der Waals surface area contributed by atoms with E-state index < -0.39 is 11.4 Å². The Labute approximate surface area is 174 Å². The average Bonchev–Trinajstić information content (AvgIpc) is 2.71. The number of aliphatic imine (C=N–C) groups is 1. The molecule has 1 aliphatic rings. The Morgan fingerprint density at radius 2 is 2.10 bits per heavy atom. The van der Waals surface area contributed by atoms with Crippen LogP contribution in [0.4, 0.5) is 15.9 Å². The molecule has 1 aliphatic heterocycles. The second-order valence-electron chi connectivity index (χ2n) is 7.59. The van der Waals surface area contributed by atoms with E-state index in [4.69, 9.17) is 16.9 Å². The molecule has 0 aliphatic carbocycles. The highest BCUT2D eigenvalue weighted by molar-refractivity contribution is 6.15. The number of β-amino-alcohol motifs (C(OH)–C–C–N with tert-alkyl or cyclic N) is 1. The van der Waals surface area contributed by atoms with Gasteiger partial charge < -0.3 is 21.5 Å². The lowest BCUT2D eigenvalue weighted by atomic mass is 9.95. The summed E-state index contributed by atoms with van der Waals surface area (Å²) in [5.41, 5.74) is 12.2. The van der Waals surface area contributed by atoms with Crippen molar-refractivity contribution >= 4 is 29.0 Å². The number of aromatic nitrogens is 2. The molecule has 9 heteroatoms. The average molecular weight is 411 g/mol. The molecule has 1 fully saturated rings. The molecule has 8 nitrogen and oxygen atoms in total. The summed E-state index contributed by atoms with van der Waals surface area (Å²) in [5, 5.41) is 19.0. The maximum atomic E-state index is 14.5. The van der Waals surface area contributed by atoms with Gasteiger partial charge in [0.05, 0.1) is 17.0 Å². The molecule has 0 radical (unpaired) electrons. The number of nitrogen functional groups attached to an aromatic ring is 1. The minimum Gasteiger partial charge on any atom is -0.404 e. The third-order valence-corrected chi connectivity index (χ3v) is 5.07. The molecule has 158 valence electrons. The number of nitrogens with two attached hydrogens (primary N) is 2. The first kappa shape index (κ1) is 21.4. The van der Waals surface area contributed by atoms with Gasteiger partial charge in [0.2, 0.25) is 0 Å². The lowest BCUT2D eigenvalue weighted by Gasteiger charge is -2.37. The Bertz CT molecular complexity index is 1020. The van der Waals surface area contributed by atoms with E-state index in [1.165, 1.54) is 24.8 Å². The van der Waals surface area contributed by atoms with Crippen molar-refractivity contribution in [3.63, 3.8) is 0 Å². The smallest absolute Gasteiger partial charge is 0.133 e. The van der Waals surface area contributed by atoms with E-state index >= 15 is 0 Å². The second-order valence-corrected chi connectivity index (χ2v) is 7.59. The SMILES string of the molecule is CN=CC(=CN)c1cc(C(=N)c2cc(N3CCCC(C)(O)C3)ncn2)c(N)cc1F. The predicted molar refractivity (Wildman–Crippen MR) is 117 cm³/mol. The van der Waals surface area contributed by atoms with Crippen molar-refractivity contribution in [2.45, 2.75) is 25.4 Å². The summed E-state index contributed by atoms with van der Waals surface area (Å²) < 4.78 is 14.5. The largest absolute Gasteiger partial charge is 0.404 e. The lowest BCUT2D eigenvalue weighted by molar-refractivity contribution is 0.0447. The second kappa shape index (κ2) is 8.58. The van der Waals surface area contributed by atoms with Crippen molar-refractivity contribution in [2.75, 3.05) is 30.8 Å². The van der Waals surface area contributed by atoms with Gasteiger partial charge in [-0.05, 0) is 31.9 Å². The molecule has 6 N–H and O–H groups in total. The third kappa shape index (κ3) is 4.46. The van der Waals surface area contributed by atoms with E-state index in [0.29, 0.717) is 29.2 Å². The van der Waals surface area contributed by atoms with E-state index in [0.717, 1.165) is 25.5 Å². The van der Waals surface area contributed by atoms with Crippen LogP contribution in [0.25, 0.3) is 5.57 Å². The molecule has 1 saturated heterocycles. The number of halogens is 1. The van der Waals surface area contributed by atoms with Crippen LogP contribution < -0.4 is 16.4 Å². The van der Waals surface area contributed by atoms with Gasteiger partial charge >= 0.3 is 0 Å². The fraction of sp³-hybridized carbons (Fsp3) is 0.333. The summed E-state index contributed by atoms with van der Waals surface area (Å²) in [6, 6.07) is 4.32. The van der Waals surface area contributed by atoms with Gasteiger partial charge in [0.1, 0.15) is 18.0 Å². The van der Waals surface area contributed by atoms with Crippen LogP contribution in [0.1, 0.15) is 36.6 Å². The van der Waals surface area contributed by atoms with Crippen LogP contribution in [-0.2, 0) is 0 Å². The number of nitrogens with one attached hydrogen (secondary N) is 1. The summed E-state index contributed by atoms with van der Waals surface area (Å²) in [4.78, 5) is 14.3. The van der Waals surface area contributed by atoms with Crippen molar-refractivity contribution in [3.8, 4) is 0 Å². The van der Waals surface area contributed by atoms with Gasteiger partial charge in [-0.25, -0.2) is 14.4 Å². The highest BCUT2D eigenvalue weighted by Gasteiger charge is 2.29. The molecule has 1 unspecified atom stereocenters. The molecule has 1 atom stereocenters. The molecule has 0 amide bonds. The molecule has 2 aromatic rings. The maximum Gasteiger partial charge on any atom is 0.133 e. The first-order chi connectivity index (χ1) is 14.3. The van der Waals surface area contributed by atoms with Gasteiger partial charge in [-0.15, -0.1) is 0 Å². The van der Waals surface area contributed by atoms with Crippen LogP contribution in [0.5, 0.6) is 0 Å². The third-order valence-electron chi connectivity index (χ3n) is 5.07. The van der Waals surface area contributed by atoms with Crippen LogP contribution in [0.3, 0.4) is 0 Å². The number of hydrogen-bond acceptors (Lipinski definition) is 8. The van der Waals surface area contributed by atoms with E-state index in [2.05, 4.69) is 15.0 Å². The molecule has 2 heterocycles. The van der Waals surface area contributed by atoms with Crippen LogP contribution in [0.2, 0.25) is 0 Å². The summed E-state index contributed by atoms with van der Waals surface area (Å²) in [6.45, 7) is 3.00. The Kier molecular flexibility index (Phi) is 6.12. The van der Waals surface area contributed by atoms with Gasteiger partial charge in [0.25, 0.3) is 0 Å². The zero-order chi connectivity index (χ0) is 21.9. The molecule has 0 spiro atoms. The highest BCUT2D eigenvalue weighted by atomic mass is 19.1. The number of benzene rings is 1. The standard InChI is InChI=1S/C21H26FN7O/c1-21(30)4-3-5-29(11-21)19-8-18(27-12-28-19)20(25)15-6-14(13(9-23)10-26-2)16(22)7-17(15)24/h6-10,12,25,30H,3-5,11,23-24H2,1-2H3. The Hall–Kier alpha value is -3.33. The lowest BCUT2D eigenvalue weighted by Crippen LogP contribution is -2.46.